The van der Waals surface area contributed by atoms with Crippen molar-refractivity contribution in [2.24, 2.45) is 0 Å². The van der Waals surface area contributed by atoms with E-state index in [1.807, 2.05) is 35.0 Å². The Balaban J connectivity index is 1.72. The number of fused-ring (bicyclic) bond motifs is 1. The Kier molecular flexibility index (Phi) is 6.83. The highest BCUT2D eigenvalue weighted by molar-refractivity contribution is 7.89. The van der Waals surface area contributed by atoms with E-state index >= 15 is 0 Å². The average Bonchev–Trinajstić information content (AvgIpc) is 3.17. The standard InChI is InChI=1S/C24H29FN4O3S/c1-4-33(30,31)27(2)17-21-19-16-28(15-18-9-5-6-10-20(18)25)14-13-22(19)29(26-21)23-11-7-8-12-24(23)32-3/h5-12H,4,13-17H2,1-3H3. The minimum absolute atomic E-state index is 0.0261. The van der Waals surface area contributed by atoms with Crippen LogP contribution in [0.2, 0.25) is 0 Å². The summed E-state index contributed by atoms with van der Waals surface area (Å²) in [5.41, 5.74) is 4.17. The van der Waals surface area contributed by atoms with Crippen LogP contribution in [-0.4, -0.2) is 53.9 Å². The fourth-order valence-electron chi connectivity index (χ4n) is 4.20. The van der Waals surface area contributed by atoms with Gasteiger partial charge in [-0.25, -0.2) is 17.5 Å². The number of halogens is 1. The second-order valence-electron chi connectivity index (χ2n) is 8.16. The smallest absolute Gasteiger partial charge is 0.213 e. The first-order valence-electron chi connectivity index (χ1n) is 11.0. The lowest BCUT2D eigenvalue weighted by atomic mass is 10.0. The molecule has 0 atom stereocenters. The van der Waals surface area contributed by atoms with Crippen LogP contribution >= 0.6 is 0 Å². The molecule has 0 bridgehead atoms. The van der Waals surface area contributed by atoms with Crippen LogP contribution in [0.4, 0.5) is 4.39 Å². The van der Waals surface area contributed by atoms with Crippen LogP contribution < -0.4 is 4.74 Å². The van der Waals surface area contributed by atoms with E-state index in [0.717, 1.165) is 23.5 Å². The van der Waals surface area contributed by atoms with Crippen LogP contribution in [0.3, 0.4) is 0 Å². The number of para-hydroxylation sites is 2. The molecule has 1 aliphatic rings. The van der Waals surface area contributed by atoms with E-state index in [1.54, 1.807) is 33.2 Å². The molecule has 4 rings (SSSR count). The summed E-state index contributed by atoms with van der Waals surface area (Å²) in [6, 6.07) is 14.4. The molecule has 1 aliphatic heterocycles. The van der Waals surface area contributed by atoms with E-state index < -0.39 is 10.0 Å². The van der Waals surface area contributed by atoms with Gasteiger partial charge in [0, 0.05) is 44.2 Å². The largest absolute Gasteiger partial charge is 0.494 e. The summed E-state index contributed by atoms with van der Waals surface area (Å²) < 4.78 is 47.8. The number of nitrogens with zero attached hydrogens (tertiary/aromatic N) is 4. The number of benzene rings is 2. The molecule has 0 spiro atoms. The van der Waals surface area contributed by atoms with Gasteiger partial charge in [-0.3, -0.25) is 4.90 Å². The highest BCUT2D eigenvalue weighted by atomic mass is 32.2. The fourth-order valence-corrected chi connectivity index (χ4v) is 4.96. The zero-order valence-electron chi connectivity index (χ0n) is 19.2. The molecule has 9 heteroatoms. The van der Waals surface area contributed by atoms with E-state index in [0.29, 0.717) is 36.5 Å². The Morgan fingerprint density at radius 1 is 1.15 bits per heavy atom. The first-order valence-corrected chi connectivity index (χ1v) is 12.6. The number of aromatic nitrogens is 2. The van der Waals surface area contributed by atoms with E-state index in [2.05, 4.69) is 4.90 Å². The Labute approximate surface area is 194 Å². The van der Waals surface area contributed by atoms with Crippen LogP contribution in [0.5, 0.6) is 5.75 Å². The summed E-state index contributed by atoms with van der Waals surface area (Å²) in [4.78, 5) is 2.17. The van der Waals surface area contributed by atoms with Gasteiger partial charge in [0.25, 0.3) is 0 Å². The van der Waals surface area contributed by atoms with Crippen molar-refractivity contribution in [3.05, 3.63) is 76.9 Å². The molecule has 176 valence electrons. The Morgan fingerprint density at radius 2 is 1.88 bits per heavy atom. The van der Waals surface area contributed by atoms with Crippen molar-refractivity contribution < 1.29 is 17.5 Å². The van der Waals surface area contributed by atoms with Crippen LogP contribution in [-0.2, 0) is 36.1 Å². The third-order valence-corrected chi connectivity index (χ3v) is 7.91. The second kappa shape index (κ2) is 9.62. The molecule has 0 fully saturated rings. The molecule has 0 N–H and O–H groups in total. The summed E-state index contributed by atoms with van der Waals surface area (Å²) in [6.45, 7) is 3.59. The van der Waals surface area contributed by atoms with E-state index in [-0.39, 0.29) is 18.1 Å². The van der Waals surface area contributed by atoms with Gasteiger partial charge >= 0.3 is 0 Å². The maximum atomic E-state index is 14.2. The van der Waals surface area contributed by atoms with Gasteiger partial charge in [0.05, 0.1) is 30.8 Å². The number of hydrogen-bond acceptors (Lipinski definition) is 5. The van der Waals surface area contributed by atoms with Crippen LogP contribution in [0.1, 0.15) is 29.4 Å². The monoisotopic (exact) mass is 472 g/mol. The number of hydrogen-bond donors (Lipinski definition) is 0. The molecule has 2 heterocycles. The van der Waals surface area contributed by atoms with Gasteiger partial charge in [0.1, 0.15) is 17.3 Å². The minimum Gasteiger partial charge on any atom is -0.494 e. The van der Waals surface area contributed by atoms with Crippen molar-refractivity contribution in [2.45, 2.75) is 33.0 Å². The molecule has 0 aliphatic carbocycles. The summed E-state index contributed by atoms with van der Waals surface area (Å²) in [5, 5.41) is 4.85. The van der Waals surface area contributed by atoms with Crippen molar-refractivity contribution in [3.8, 4) is 11.4 Å². The quantitative estimate of drug-likeness (QED) is 0.503. The SMILES string of the molecule is CCS(=O)(=O)N(C)Cc1nn(-c2ccccc2OC)c2c1CN(Cc1ccccc1F)CC2. The van der Waals surface area contributed by atoms with Crippen molar-refractivity contribution in [1.29, 1.82) is 0 Å². The third-order valence-electron chi connectivity index (χ3n) is 6.10. The van der Waals surface area contributed by atoms with Crippen LogP contribution in [0, 0.1) is 5.82 Å². The van der Waals surface area contributed by atoms with E-state index in [9.17, 15) is 12.8 Å². The van der Waals surface area contributed by atoms with Gasteiger partial charge in [0.2, 0.25) is 10.0 Å². The number of rotatable bonds is 8. The van der Waals surface area contributed by atoms with Gasteiger partial charge < -0.3 is 4.74 Å². The number of sulfonamides is 1. The average molecular weight is 473 g/mol. The molecule has 0 saturated carbocycles. The summed E-state index contributed by atoms with van der Waals surface area (Å²) in [5.74, 6) is 0.498. The lowest BCUT2D eigenvalue weighted by Crippen LogP contribution is -2.32. The van der Waals surface area contributed by atoms with Gasteiger partial charge in [-0.05, 0) is 25.1 Å². The lowest BCUT2D eigenvalue weighted by molar-refractivity contribution is 0.239. The molecule has 3 aromatic rings. The molecular weight excluding hydrogens is 443 g/mol. The first-order chi connectivity index (χ1) is 15.8. The van der Waals surface area contributed by atoms with E-state index in [4.69, 9.17) is 9.84 Å². The zero-order chi connectivity index (χ0) is 23.6. The van der Waals surface area contributed by atoms with Gasteiger partial charge in [0.15, 0.2) is 0 Å². The lowest BCUT2D eigenvalue weighted by Gasteiger charge is -2.28. The van der Waals surface area contributed by atoms with Crippen molar-refractivity contribution >= 4 is 10.0 Å². The topological polar surface area (TPSA) is 67.7 Å². The third kappa shape index (κ3) is 4.80. The predicted molar refractivity (Wildman–Crippen MR) is 125 cm³/mol. The highest BCUT2D eigenvalue weighted by Crippen LogP contribution is 2.31. The minimum atomic E-state index is -3.36. The number of methoxy groups -OCH3 is 1. The van der Waals surface area contributed by atoms with Gasteiger partial charge in [-0.1, -0.05) is 30.3 Å². The summed E-state index contributed by atoms with van der Waals surface area (Å²) >= 11 is 0. The molecule has 1 aromatic heterocycles. The number of ether oxygens (including phenoxy) is 1. The van der Waals surface area contributed by atoms with E-state index in [1.165, 1.54) is 10.4 Å². The maximum Gasteiger partial charge on any atom is 0.213 e. The maximum absolute atomic E-state index is 14.2. The molecular formula is C24H29FN4O3S. The molecule has 33 heavy (non-hydrogen) atoms. The molecule has 0 amide bonds. The zero-order valence-corrected chi connectivity index (χ0v) is 20.0. The fraction of sp³-hybridized carbons (Fsp3) is 0.375. The molecule has 7 nitrogen and oxygen atoms in total. The molecule has 0 radical (unpaired) electrons. The molecule has 0 saturated heterocycles. The summed E-state index contributed by atoms with van der Waals surface area (Å²) in [7, 11) is -0.167. The second-order valence-corrected chi connectivity index (χ2v) is 10.5. The Morgan fingerprint density at radius 3 is 2.61 bits per heavy atom. The van der Waals surface area contributed by atoms with Crippen molar-refractivity contribution in [3.63, 3.8) is 0 Å². The van der Waals surface area contributed by atoms with Gasteiger partial charge in [-0.2, -0.15) is 9.40 Å². The highest BCUT2D eigenvalue weighted by Gasteiger charge is 2.29. The molecule has 0 unspecified atom stereocenters. The van der Waals surface area contributed by atoms with Crippen LogP contribution in [0.15, 0.2) is 48.5 Å². The Bertz CT molecular complexity index is 1240. The van der Waals surface area contributed by atoms with Crippen LogP contribution in [0.25, 0.3) is 5.69 Å². The van der Waals surface area contributed by atoms with Crippen molar-refractivity contribution in [1.82, 2.24) is 19.0 Å². The first kappa shape index (κ1) is 23.4. The predicted octanol–water partition coefficient (Wildman–Crippen LogP) is 3.36. The van der Waals surface area contributed by atoms with Crippen molar-refractivity contribution in [2.75, 3.05) is 26.5 Å². The van der Waals surface area contributed by atoms with Gasteiger partial charge in [-0.15, -0.1) is 0 Å². The molecule has 2 aromatic carbocycles. The normalized spacial score (nSPS) is 14.5. The Hall–Kier alpha value is -2.75. The summed E-state index contributed by atoms with van der Waals surface area (Å²) in [6.07, 6.45) is 0.707.